The van der Waals surface area contributed by atoms with Crippen LogP contribution >= 0.6 is 0 Å². The number of barbiturate groups is 1. The topological polar surface area (TPSA) is 136 Å². The number of hydrogen-bond acceptors (Lipinski definition) is 7. The molecule has 1 fully saturated rings. The Morgan fingerprint density at radius 3 is 2.31 bits per heavy atom. The van der Waals surface area contributed by atoms with Crippen LogP contribution in [-0.2, 0) is 9.59 Å². The van der Waals surface area contributed by atoms with Gasteiger partial charge < -0.3 is 4.74 Å². The van der Waals surface area contributed by atoms with Gasteiger partial charge in [-0.25, -0.2) is 18.9 Å². The van der Waals surface area contributed by atoms with E-state index in [4.69, 9.17) is 4.74 Å². The summed E-state index contributed by atoms with van der Waals surface area (Å²) < 4.78 is 19.6. The Hall–Kier alpha value is -5.19. The lowest BCUT2D eigenvalue weighted by Gasteiger charge is -2.26. The van der Waals surface area contributed by atoms with E-state index in [0.717, 1.165) is 24.3 Å². The van der Waals surface area contributed by atoms with Crippen molar-refractivity contribution in [3.8, 4) is 5.75 Å². The summed E-state index contributed by atoms with van der Waals surface area (Å²) in [7, 11) is 0. The van der Waals surface area contributed by atoms with Crippen LogP contribution in [0.5, 0.6) is 5.75 Å². The molecule has 3 aromatic carbocycles. The number of hydrogen-bond donors (Lipinski definition) is 1. The molecule has 0 aromatic heterocycles. The second kappa shape index (κ2) is 9.35. The second-order valence-corrected chi connectivity index (χ2v) is 7.14. The minimum atomic E-state index is -1.11. The number of rotatable bonds is 5. The van der Waals surface area contributed by atoms with Gasteiger partial charge in [-0.3, -0.25) is 25.0 Å². The van der Waals surface area contributed by atoms with Crippen molar-refractivity contribution < 1.29 is 33.2 Å². The van der Waals surface area contributed by atoms with Gasteiger partial charge in [0.25, 0.3) is 17.5 Å². The number of ether oxygens (including phenoxy) is 1. The van der Waals surface area contributed by atoms with Crippen LogP contribution < -0.4 is 15.0 Å². The van der Waals surface area contributed by atoms with Crippen LogP contribution in [0.2, 0.25) is 0 Å². The summed E-state index contributed by atoms with van der Waals surface area (Å²) in [4.78, 5) is 60.9. The number of urea groups is 1. The Balaban J connectivity index is 1.65. The van der Waals surface area contributed by atoms with Crippen molar-refractivity contribution in [2.45, 2.75) is 0 Å². The fraction of sp³-hybridized carbons (Fsp3) is 0. The van der Waals surface area contributed by atoms with E-state index in [1.807, 2.05) is 5.32 Å². The van der Waals surface area contributed by atoms with Gasteiger partial charge in [0.15, 0.2) is 0 Å². The monoisotopic (exact) mass is 475 g/mol. The molecule has 0 atom stereocenters. The number of nitrogens with one attached hydrogen (secondary N) is 1. The Bertz CT molecular complexity index is 1420. The minimum absolute atomic E-state index is 0.0286. The zero-order valence-electron chi connectivity index (χ0n) is 17.6. The van der Waals surface area contributed by atoms with Crippen LogP contribution in [0.3, 0.4) is 0 Å². The van der Waals surface area contributed by atoms with Crippen molar-refractivity contribution >= 4 is 41.3 Å². The quantitative estimate of drug-likeness (QED) is 0.149. The summed E-state index contributed by atoms with van der Waals surface area (Å²) in [6.07, 6.45) is 1.11. The fourth-order valence-corrected chi connectivity index (χ4v) is 3.24. The van der Waals surface area contributed by atoms with Gasteiger partial charge in [0, 0.05) is 17.7 Å². The normalized spacial score (nSPS) is 14.6. The lowest BCUT2D eigenvalue weighted by Crippen LogP contribution is -2.54. The van der Waals surface area contributed by atoms with Gasteiger partial charge in [-0.2, -0.15) is 0 Å². The number of esters is 1. The smallest absolute Gasteiger partial charge is 0.343 e. The molecular formula is C24H14FN3O7. The van der Waals surface area contributed by atoms with Gasteiger partial charge in [0.05, 0.1) is 16.2 Å². The summed E-state index contributed by atoms with van der Waals surface area (Å²) in [5.74, 6) is -3.79. The Morgan fingerprint density at radius 1 is 0.971 bits per heavy atom. The first-order valence-corrected chi connectivity index (χ1v) is 9.98. The molecule has 35 heavy (non-hydrogen) atoms. The van der Waals surface area contributed by atoms with Crippen molar-refractivity contribution in [2.75, 3.05) is 4.90 Å². The zero-order valence-corrected chi connectivity index (χ0v) is 17.6. The molecule has 1 heterocycles. The van der Waals surface area contributed by atoms with Gasteiger partial charge in [0.1, 0.15) is 17.1 Å². The number of nitro benzene ring substituents is 1. The van der Waals surface area contributed by atoms with Crippen LogP contribution in [0.25, 0.3) is 6.08 Å². The SMILES string of the molecule is O=C1NC(=O)N(c2ccccc2F)C(=O)C1=Cc1ccccc1OC(=O)c1ccc([N+](=O)[O-])cc1. The van der Waals surface area contributed by atoms with Crippen molar-refractivity contribution in [3.05, 3.63) is 105 Å². The molecule has 10 nitrogen and oxygen atoms in total. The van der Waals surface area contributed by atoms with E-state index in [9.17, 15) is 33.7 Å². The number of non-ortho nitro benzene ring substituents is 1. The Kier molecular flexibility index (Phi) is 6.14. The van der Waals surface area contributed by atoms with Crippen molar-refractivity contribution in [2.24, 2.45) is 0 Å². The lowest BCUT2D eigenvalue weighted by molar-refractivity contribution is -0.384. The van der Waals surface area contributed by atoms with E-state index in [1.165, 1.54) is 42.5 Å². The molecule has 0 bridgehead atoms. The van der Waals surface area contributed by atoms with Gasteiger partial charge in [-0.05, 0) is 36.4 Å². The van der Waals surface area contributed by atoms with Crippen molar-refractivity contribution in [3.63, 3.8) is 0 Å². The molecular weight excluding hydrogens is 461 g/mol. The highest BCUT2D eigenvalue weighted by atomic mass is 19.1. The Labute approximate surface area is 196 Å². The number of para-hydroxylation sites is 2. The minimum Gasteiger partial charge on any atom is -0.422 e. The van der Waals surface area contributed by atoms with Crippen molar-refractivity contribution in [1.82, 2.24) is 5.32 Å². The number of carbonyl (C=O) groups is 4. The standard InChI is InChI=1S/C24H14FN3O7/c25-18-6-2-3-7-19(18)27-22(30)17(21(29)26-24(27)32)13-15-5-1-4-8-20(15)35-23(31)14-9-11-16(12-10-14)28(33)34/h1-13H,(H,26,29,32). The third kappa shape index (κ3) is 4.64. The molecule has 174 valence electrons. The third-order valence-corrected chi connectivity index (χ3v) is 4.93. The molecule has 0 spiro atoms. The van der Waals surface area contributed by atoms with Crippen LogP contribution in [0.1, 0.15) is 15.9 Å². The van der Waals surface area contributed by atoms with E-state index in [0.29, 0.717) is 4.90 Å². The van der Waals surface area contributed by atoms with Crippen molar-refractivity contribution in [1.29, 1.82) is 0 Å². The van der Waals surface area contributed by atoms with Crippen LogP contribution in [0.15, 0.2) is 78.4 Å². The summed E-state index contributed by atoms with van der Waals surface area (Å²) in [6, 6.07) is 14.6. The van der Waals surface area contributed by atoms with Gasteiger partial charge in [-0.1, -0.05) is 30.3 Å². The van der Waals surface area contributed by atoms with Crippen LogP contribution in [0, 0.1) is 15.9 Å². The van der Waals surface area contributed by atoms with Gasteiger partial charge >= 0.3 is 12.0 Å². The van der Waals surface area contributed by atoms with E-state index in [2.05, 4.69) is 0 Å². The van der Waals surface area contributed by atoms with E-state index >= 15 is 0 Å². The van der Waals surface area contributed by atoms with Crippen LogP contribution in [0.4, 0.5) is 20.6 Å². The summed E-state index contributed by atoms with van der Waals surface area (Å²) in [5, 5.41) is 12.8. The average Bonchev–Trinajstić information content (AvgIpc) is 2.83. The van der Waals surface area contributed by atoms with E-state index in [1.54, 1.807) is 12.1 Å². The molecule has 1 saturated heterocycles. The molecule has 3 aromatic rings. The number of imide groups is 2. The summed E-state index contributed by atoms with van der Waals surface area (Å²) in [6.45, 7) is 0. The van der Waals surface area contributed by atoms with Gasteiger partial charge in [0.2, 0.25) is 0 Å². The predicted molar refractivity (Wildman–Crippen MR) is 120 cm³/mol. The first kappa shape index (κ1) is 23.0. The number of nitrogens with zero attached hydrogens (tertiary/aromatic N) is 2. The third-order valence-electron chi connectivity index (χ3n) is 4.93. The maximum absolute atomic E-state index is 14.2. The number of anilines is 1. The second-order valence-electron chi connectivity index (χ2n) is 7.14. The molecule has 1 aliphatic heterocycles. The highest BCUT2D eigenvalue weighted by molar-refractivity contribution is 6.39. The number of benzene rings is 3. The predicted octanol–water partition coefficient (Wildman–Crippen LogP) is 3.62. The number of carbonyl (C=O) groups excluding carboxylic acids is 4. The number of nitro groups is 1. The zero-order chi connectivity index (χ0) is 25.1. The first-order chi connectivity index (χ1) is 16.8. The lowest BCUT2D eigenvalue weighted by atomic mass is 10.1. The molecule has 4 amide bonds. The molecule has 0 aliphatic carbocycles. The average molecular weight is 475 g/mol. The van der Waals surface area contributed by atoms with E-state index in [-0.39, 0.29) is 28.3 Å². The first-order valence-electron chi connectivity index (χ1n) is 9.98. The molecule has 11 heteroatoms. The molecule has 1 N–H and O–H groups in total. The van der Waals surface area contributed by atoms with Gasteiger partial charge in [-0.15, -0.1) is 0 Å². The highest BCUT2D eigenvalue weighted by Gasteiger charge is 2.38. The van der Waals surface area contributed by atoms with Crippen LogP contribution in [-0.4, -0.2) is 28.7 Å². The fourth-order valence-electron chi connectivity index (χ4n) is 3.24. The van der Waals surface area contributed by atoms with E-state index < -0.39 is 40.1 Å². The maximum atomic E-state index is 14.2. The molecule has 1 aliphatic rings. The summed E-state index contributed by atoms with van der Waals surface area (Å²) in [5.41, 5.74) is -0.870. The Morgan fingerprint density at radius 2 is 1.63 bits per heavy atom. The highest BCUT2D eigenvalue weighted by Crippen LogP contribution is 2.27. The molecule has 0 radical (unpaired) electrons. The maximum Gasteiger partial charge on any atom is 0.343 e. The largest absolute Gasteiger partial charge is 0.422 e. The molecule has 4 rings (SSSR count). The summed E-state index contributed by atoms with van der Waals surface area (Å²) >= 11 is 0. The number of halogens is 1. The number of amides is 4. The molecule has 0 saturated carbocycles. The molecule has 0 unspecified atom stereocenters.